The van der Waals surface area contributed by atoms with Crippen LogP contribution in [0.4, 0.5) is 0 Å². The first kappa shape index (κ1) is 25.4. The number of benzene rings is 1. The van der Waals surface area contributed by atoms with Gasteiger partial charge >= 0.3 is 0 Å². The molecular formula is C29H30O2. The first-order chi connectivity index (χ1) is 15.2. The molecule has 0 saturated heterocycles. The fourth-order valence-electron chi connectivity index (χ4n) is 2.78. The Labute approximate surface area is 188 Å². The predicted molar refractivity (Wildman–Crippen MR) is 130 cm³/mol. The lowest BCUT2D eigenvalue weighted by atomic mass is 10.0. The Morgan fingerprint density at radius 3 is 2.19 bits per heavy atom. The summed E-state index contributed by atoms with van der Waals surface area (Å²) in [5, 5.41) is 9.70. The topological polar surface area (TPSA) is 29.5 Å². The van der Waals surface area contributed by atoms with Crippen LogP contribution in [0.1, 0.15) is 69.8 Å². The summed E-state index contributed by atoms with van der Waals surface area (Å²) in [7, 11) is 1.52. The Morgan fingerprint density at radius 1 is 0.903 bits per heavy atom. The van der Waals surface area contributed by atoms with E-state index in [4.69, 9.17) is 17.6 Å². The highest BCUT2D eigenvalue weighted by Gasteiger charge is 2.05. The van der Waals surface area contributed by atoms with E-state index in [1.807, 2.05) is 0 Å². The van der Waals surface area contributed by atoms with Crippen LogP contribution in [0.25, 0.3) is 5.57 Å². The molecule has 0 amide bonds. The third kappa shape index (κ3) is 11.8. The summed E-state index contributed by atoms with van der Waals surface area (Å²) in [5.74, 6) is 23.2. The van der Waals surface area contributed by atoms with Gasteiger partial charge in [-0.05, 0) is 79.5 Å². The lowest BCUT2D eigenvalue weighted by Crippen LogP contribution is -1.87. The van der Waals surface area contributed by atoms with E-state index >= 15 is 0 Å². The maximum Gasteiger partial charge on any atom is 0.161 e. The van der Waals surface area contributed by atoms with Crippen molar-refractivity contribution in [3.63, 3.8) is 0 Å². The van der Waals surface area contributed by atoms with E-state index in [0.29, 0.717) is 5.75 Å². The number of unbranched alkanes of at least 4 members (excludes halogenated alkanes) is 8. The van der Waals surface area contributed by atoms with Crippen LogP contribution in [0.3, 0.4) is 0 Å². The molecule has 2 heteroatoms. The van der Waals surface area contributed by atoms with Crippen molar-refractivity contribution in [1.29, 1.82) is 0 Å². The first-order valence-electron chi connectivity index (χ1n) is 10.7. The number of methoxy groups -OCH3 is 1. The number of hydrogen-bond acceptors (Lipinski definition) is 2. The van der Waals surface area contributed by atoms with Crippen LogP contribution in [-0.2, 0) is 0 Å². The van der Waals surface area contributed by atoms with Crippen molar-refractivity contribution in [3.8, 4) is 71.7 Å². The second kappa shape index (κ2) is 17.2. The molecule has 1 aromatic carbocycles. The van der Waals surface area contributed by atoms with E-state index in [-0.39, 0.29) is 5.75 Å². The molecule has 0 aliphatic rings. The lowest BCUT2D eigenvalue weighted by Gasteiger charge is -2.06. The summed E-state index contributed by atoms with van der Waals surface area (Å²) in [6, 6.07) is 5.16. The molecule has 0 aromatic heterocycles. The van der Waals surface area contributed by atoms with Gasteiger partial charge in [0.2, 0.25) is 0 Å². The van der Waals surface area contributed by atoms with Gasteiger partial charge in [0.05, 0.1) is 7.11 Å². The molecule has 2 nitrogen and oxygen atoms in total. The molecule has 1 N–H and O–H groups in total. The maximum absolute atomic E-state index is 9.70. The number of hydrogen-bond donors (Lipinski definition) is 1. The fourth-order valence-corrected chi connectivity index (χ4v) is 2.78. The van der Waals surface area contributed by atoms with Crippen LogP contribution in [-0.4, -0.2) is 12.2 Å². The summed E-state index contributed by atoms with van der Waals surface area (Å²) >= 11 is 0. The molecule has 0 fully saturated rings. The van der Waals surface area contributed by atoms with Gasteiger partial charge in [0.1, 0.15) is 0 Å². The van der Waals surface area contributed by atoms with Crippen molar-refractivity contribution in [2.75, 3.05) is 7.11 Å². The number of phenolic OH excluding ortho intramolecular Hbond substituents is 1. The standard InChI is InChI=1S/C29H30O2/c1-4-6-7-8-9-10-11-12-13-14-15-16-17-18-19-20-21-22-26(5-2)27-23-24-28(30)29(25-27)31-3/h1-2,22-25,30H,6-9,16-21H2,3H3. The van der Waals surface area contributed by atoms with Crippen molar-refractivity contribution < 1.29 is 9.84 Å². The minimum Gasteiger partial charge on any atom is -0.504 e. The Hall–Kier alpha value is -3.64. The van der Waals surface area contributed by atoms with Gasteiger partial charge in [-0.15, -0.1) is 18.8 Å². The zero-order valence-electron chi connectivity index (χ0n) is 18.4. The molecule has 1 aromatic rings. The van der Waals surface area contributed by atoms with Gasteiger partial charge in [-0.2, -0.15) is 0 Å². The zero-order valence-corrected chi connectivity index (χ0v) is 18.4. The van der Waals surface area contributed by atoms with Gasteiger partial charge in [-0.1, -0.05) is 36.7 Å². The number of ether oxygens (including phenoxy) is 1. The molecule has 0 radical (unpaired) electrons. The van der Waals surface area contributed by atoms with E-state index in [2.05, 4.69) is 53.4 Å². The second-order valence-electron chi connectivity index (χ2n) is 6.87. The Kier molecular flexibility index (Phi) is 14.1. The van der Waals surface area contributed by atoms with Gasteiger partial charge in [0.25, 0.3) is 0 Å². The van der Waals surface area contributed by atoms with E-state index < -0.39 is 0 Å². The maximum atomic E-state index is 9.70. The first-order valence-corrected chi connectivity index (χ1v) is 10.7. The monoisotopic (exact) mass is 410 g/mol. The fraction of sp³-hybridized carbons (Fsp3) is 0.379. The summed E-state index contributed by atoms with van der Waals surface area (Å²) < 4.78 is 5.14. The molecule has 0 aliphatic carbocycles. The minimum atomic E-state index is 0.108. The Morgan fingerprint density at radius 2 is 1.55 bits per heavy atom. The zero-order chi connectivity index (χ0) is 22.6. The van der Waals surface area contributed by atoms with Crippen molar-refractivity contribution >= 4 is 5.57 Å². The largest absolute Gasteiger partial charge is 0.504 e. The van der Waals surface area contributed by atoms with Gasteiger partial charge in [0.15, 0.2) is 11.5 Å². The smallest absolute Gasteiger partial charge is 0.161 e. The van der Waals surface area contributed by atoms with Crippen LogP contribution in [0.2, 0.25) is 0 Å². The molecule has 158 valence electrons. The Balaban J connectivity index is 2.21. The van der Waals surface area contributed by atoms with E-state index in [0.717, 1.165) is 75.3 Å². The normalized spacial score (nSPS) is 9.58. The predicted octanol–water partition coefficient (Wildman–Crippen LogP) is 5.96. The molecular weight excluding hydrogens is 380 g/mol. The van der Waals surface area contributed by atoms with Crippen molar-refractivity contribution in [2.24, 2.45) is 0 Å². The SMILES string of the molecule is C#CCCCCC#CC#CC#CCCCCCCC=C(C#C)c1ccc(O)c(OC)c1. The van der Waals surface area contributed by atoms with Gasteiger partial charge in [-0.25, -0.2) is 0 Å². The van der Waals surface area contributed by atoms with Gasteiger partial charge in [0, 0.05) is 24.8 Å². The summed E-state index contributed by atoms with van der Waals surface area (Å²) in [4.78, 5) is 0. The van der Waals surface area contributed by atoms with Crippen LogP contribution in [0, 0.1) is 60.2 Å². The molecule has 0 unspecified atom stereocenters. The number of rotatable bonds is 11. The second-order valence-corrected chi connectivity index (χ2v) is 6.87. The highest BCUT2D eigenvalue weighted by atomic mass is 16.5. The third-order valence-corrected chi connectivity index (χ3v) is 4.49. The van der Waals surface area contributed by atoms with Gasteiger partial charge in [-0.3, -0.25) is 0 Å². The Bertz CT molecular complexity index is 979. The molecule has 1 rings (SSSR count). The van der Waals surface area contributed by atoms with Gasteiger partial charge < -0.3 is 9.84 Å². The third-order valence-electron chi connectivity index (χ3n) is 4.49. The quantitative estimate of drug-likeness (QED) is 0.360. The van der Waals surface area contributed by atoms with Crippen LogP contribution in [0.5, 0.6) is 11.5 Å². The average Bonchev–Trinajstić information content (AvgIpc) is 2.79. The molecule has 31 heavy (non-hydrogen) atoms. The highest BCUT2D eigenvalue weighted by molar-refractivity contribution is 5.79. The molecule has 0 spiro atoms. The summed E-state index contributed by atoms with van der Waals surface area (Å²) in [6.07, 6.45) is 22.8. The summed E-state index contributed by atoms with van der Waals surface area (Å²) in [6.45, 7) is 0. The van der Waals surface area contributed by atoms with E-state index in [9.17, 15) is 5.11 Å². The summed E-state index contributed by atoms with van der Waals surface area (Å²) in [5.41, 5.74) is 1.69. The number of aromatic hydroxyl groups is 1. The van der Waals surface area contributed by atoms with Crippen molar-refractivity contribution in [1.82, 2.24) is 0 Å². The average molecular weight is 411 g/mol. The molecule has 0 atom stereocenters. The molecule has 0 heterocycles. The lowest BCUT2D eigenvalue weighted by molar-refractivity contribution is 0.373. The highest BCUT2D eigenvalue weighted by Crippen LogP contribution is 2.29. The van der Waals surface area contributed by atoms with Crippen molar-refractivity contribution in [2.45, 2.75) is 64.2 Å². The molecule has 0 bridgehead atoms. The molecule has 0 saturated carbocycles. The number of phenols is 1. The number of allylic oxidation sites excluding steroid dienone is 2. The van der Waals surface area contributed by atoms with Crippen LogP contribution < -0.4 is 4.74 Å². The van der Waals surface area contributed by atoms with Crippen molar-refractivity contribution in [3.05, 3.63) is 29.8 Å². The minimum absolute atomic E-state index is 0.108. The molecule has 0 aliphatic heterocycles. The van der Waals surface area contributed by atoms with E-state index in [1.54, 1.807) is 18.2 Å². The number of terminal acetylenes is 2. The van der Waals surface area contributed by atoms with E-state index in [1.165, 1.54) is 7.11 Å². The van der Waals surface area contributed by atoms with Crippen LogP contribution in [0.15, 0.2) is 24.3 Å². The van der Waals surface area contributed by atoms with Crippen LogP contribution >= 0.6 is 0 Å².